The summed E-state index contributed by atoms with van der Waals surface area (Å²) in [5.41, 5.74) is 2.61. The van der Waals surface area contributed by atoms with Crippen LogP contribution < -0.4 is 0 Å². The minimum absolute atomic E-state index is 0.111. The molecule has 1 aliphatic carbocycles. The van der Waals surface area contributed by atoms with E-state index in [1.165, 1.54) is 11.1 Å². The van der Waals surface area contributed by atoms with Crippen LogP contribution >= 0.6 is 12.6 Å². The number of hydrogen-bond donors (Lipinski definition) is 2. The lowest BCUT2D eigenvalue weighted by molar-refractivity contribution is 0.165. The van der Waals surface area contributed by atoms with Gasteiger partial charge in [0, 0.05) is 5.25 Å². The molecule has 0 fully saturated rings. The maximum atomic E-state index is 9.55. The van der Waals surface area contributed by atoms with E-state index >= 15 is 0 Å². The maximum absolute atomic E-state index is 9.55. The Morgan fingerprint density at radius 1 is 1.17 bits per heavy atom. The Morgan fingerprint density at radius 2 is 1.75 bits per heavy atom. The molecule has 1 aromatic rings. The third kappa shape index (κ3) is 1.37. The molecule has 2 heteroatoms. The predicted octanol–water partition coefficient (Wildman–Crippen LogP) is 1.44. The van der Waals surface area contributed by atoms with Gasteiger partial charge in [0.15, 0.2) is 0 Å². The molecule has 0 saturated carbocycles. The summed E-state index contributed by atoms with van der Waals surface area (Å²) in [7, 11) is 0. The second-order valence-corrected chi connectivity index (χ2v) is 3.97. The average Bonchev–Trinajstić information content (AvgIpc) is 2.07. The largest absolute Gasteiger partial charge is 0.392 e. The van der Waals surface area contributed by atoms with Gasteiger partial charge in [-0.2, -0.15) is 12.6 Å². The molecule has 0 heterocycles. The number of rotatable bonds is 0. The first kappa shape index (κ1) is 8.14. The summed E-state index contributed by atoms with van der Waals surface area (Å²) in [6.07, 6.45) is 1.37. The molecule has 0 saturated heterocycles. The van der Waals surface area contributed by atoms with Crippen molar-refractivity contribution >= 4 is 12.6 Å². The molecular weight excluding hydrogens is 168 g/mol. The van der Waals surface area contributed by atoms with Crippen LogP contribution in [0.15, 0.2) is 24.3 Å². The monoisotopic (exact) mass is 180 g/mol. The number of thiol groups is 1. The van der Waals surface area contributed by atoms with E-state index in [1.54, 1.807) is 0 Å². The van der Waals surface area contributed by atoms with E-state index < -0.39 is 0 Å². The highest BCUT2D eigenvalue weighted by Crippen LogP contribution is 2.24. The van der Waals surface area contributed by atoms with Crippen molar-refractivity contribution in [3.63, 3.8) is 0 Å². The summed E-state index contributed by atoms with van der Waals surface area (Å²) in [6.45, 7) is 0. The van der Waals surface area contributed by atoms with Crippen molar-refractivity contribution in [1.29, 1.82) is 0 Å². The van der Waals surface area contributed by atoms with Crippen LogP contribution in [0.4, 0.5) is 0 Å². The molecule has 0 spiro atoms. The van der Waals surface area contributed by atoms with E-state index in [9.17, 15) is 5.11 Å². The number of benzene rings is 1. The zero-order chi connectivity index (χ0) is 8.55. The standard InChI is InChI=1S/C10H12OS/c11-9-5-7-3-1-2-4-8(7)6-10(9)12/h1-4,9-12H,5-6H2/t9-,10+/m1/s1. The molecule has 1 nitrogen and oxygen atoms in total. The molecule has 1 N–H and O–H groups in total. The lowest BCUT2D eigenvalue weighted by Gasteiger charge is -2.25. The first-order chi connectivity index (χ1) is 5.77. The van der Waals surface area contributed by atoms with Gasteiger partial charge in [0.25, 0.3) is 0 Å². The van der Waals surface area contributed by atoms with Crippen LogP contribution in [0.2, 0.25) is 0 Å². The first-order valence-electron chi connectivity index (χ1n) is 4.20. The van der Waals surface area contributed by atoms with Gasteiger partial charge in [-0.1, -0.05) is 24.3 Å². The van der Waals surface area contributed by atoms with Crippen molar-refractivity contribution in [3.05, 3.63) is 35.4 Å². The van der Waals surface area contributed by atoms with E-state index in [1.807, 2.05) is 12.1 Å². The van der Waals surface area contributed by atoms with Gasteiger partial charge >= 0.3 is 0 Å². The molecule has 0 bridgehead atoms. The molecule has 1 aliphatic rings. The van der Waals surface area contributed by atoms with Crippen molar-refractivity contribution in [2.45, 2.75) is 24.2 Å². The van der Waals surface area contributed by atoms with E-state index in [0.717, 1.165) is 12.8 Å². The van der Waals surface area contributed by atoms with Crippen molar-refractivity contribution < 1.29 is 5.11 Å². The van der Waals surface area contributed by atoms with Crippen LogP contribution in [0.25, 0.3) is 0 Å². The second-order valence-electron chi connectivity index (χ2n) is 3.31. The molecule has 12 heavy (non-hydrogen) atoms. The smallest absolute Gasteiger partial charge is 0.0699 e. The lowest BCUT2D eigenvalue weighted by atomic mass is 9.89. The molecule has 0 amide bonds. The van der Waals surface area contributed by atoms with Crippen molar-refractivity contribution in [1.82, 2.24) is 0 Å². The molecule has 2 atom stereocenters. The van der Waals surface area contributed by atoms with E-state index in [-0.39, 0.29) is 11.4 Å². The van der Waals surface area contributed by atoms with Crippen LogP contribution in [-0.4, -0.2) is 16.5 Å². The number of hydrogen-bond acceptors (Lipinski definition) is 2. The van der Waals surface area contributed by atoms with Crippen molar-refractivity contribution in [2.75, 3.05) is 0 Å². The number of fused-ring (bicyclic) bond motifs is 1. The van der Waals surface area contributed by atoms with Crippen LogP contribution in [-0.2, 0) is 12.8 Å². The quantitative estimate of drug-likeness (QED) is 0.579. The molecule has 0 aliphatic heterocycles. The zero-order valence-electron chi connectivity index (χ0n) is 6.77. The van der Waals surface area contributed by atoms with E-state index in [4.69, 9.17) is 0 Å². The maximum Gasteiger partial charge on any atom is 0.0699 e. The van der Waals surface area contributed by atoms with Gasteiger partial charge in [0.2, 0.25) is 0 Å². The normalized spacial score (nSPS) is 28.2. The van der Waals surface area contributed by atoms with E-state index in [2.05, 4.69) is 24.8 Å². The first-order valence-corrected chi connectivity index (χ1v) is 4.72. The molecule has 1 aromatic carbocycles. The van der Waals surface area contributed by atoms with Gasteiger partial charge in [-0.05, 0) is 24.0 Å². The highest BCUT2D eigenvalue weighted by Gasteiger charge is 2.23. The van der Waals surface area contributed by atoms with Gasteiger partial charge in [0.05, 0.1) is 6.10 Å². The summed E-state index contributed by atoms with van der Waals surface area (Å²) in [6, 6.07) is 8.25. The Balaban J connectivity index is 2.34. The number of aliphatic hydroxyl groups excluding tert-OH is 1. The third-order valence-electron chi connectivity index (χ3n) is 2.42. The third-order valence-corrected chi connectivity index (χ3v) is 2.95. The van der Waals surface area contributed by atoms with Gasteiger partial charge in [-0.25, -0.2) is 0 Å². The molecule has 64 valence electrons. The SMILES string of the molecule is O[C@@H]1Cc2ccccc2C[C@@H]1S. The van der Waals surface area contributed by atoms with Gasteiger partial charge in [-0.3, -0.25) is 0 Å². The summed E-state index contributed by atoms with van der Waals surface area (Å²) >= 11 is 4.33. The van der Waals surface area contributed by atoms with Crippen molar-refractivity contribution in [2.24, 2.45) is 0 Å². The zero-order valence-corrected chi connectivity index (χ0v) is 7.67. The molecule has 0 aromatic heterocycles. The lowest BCUT2D eigenvalue weighted by Crippen LogP contribution is -2.30. The fourth-order valence-electron chi connectivity index (χ4n) is 1.68. The minimum atomic E-state index is -0.275. The second kappa shape index (κ2) is 3.11. The Hall–Kier alpha value is -0.470. The summed E-state index contributed by atoms with van der Waals surface area (Å²) < 4.78 is 0. The average molecular weight is 180 g/mol. The van der Waals surface area contributed by atoms with Crippen molar-refractivity contribution in [3.8, 4) is 0 Å². The topological polar surface area (TPSA) is 20.2 Å². The van der Waals surface area contributed by atoms with Crippen LogP contribution in [0.1, 0.15) is 11.1 Å². The van der Waals surface area contributed by atoms with Crippen LogP contribution in [0, 0.1) is 0 Å². The Bertz CT molecular complexity index is 256. The highest BCUT2D eigenvalue weighted by atomic mass is 32.1. The molecule has 0 radical (unpaired) electrons. The summed E-state index contributed by atoms with van der Waals surface area (Å²) in [5.74, 6) is 0. The Labute approximate surface area is 77.8 Å². The van der Waals surface area contributed by atoms with Crippen LogP contribution in [0.3, 0.4) is 0 Å². The van der Waals surface area contributed by atoms with Gasteiger partial charge in [0.1, 0.15) is 0 Å². The van der Waals surface area contributed by atoms with Gasteiger partial charge < -0.3 is 5.11 Å². The molecular formula is C10H12OS. The Morgan fingerprint density at radius 3 is 2.42 bits per heavy atom. The molecule has 2 rings (SSSR count). The molecule has 0 unspecified atom stereocenters. The fraction of sp³-hybridized carbons (Fsp3) is 0.400. The fourth-order valence-corrected chi connectivity index (χ4v) is 1.98. The van der Waals surface area contributed by atoms with E-state index in [0.29, 0.717) is 0 Å². The van der Waals surface area contributed by atoms with Crippen LogP contribution in [0.5, 0.6) is 0 Å². The minimum Gasteiger partial charge on any atom is -0.392 e. The summed E-state index contributed by atoms with van der Waals surface area (Å²) in [4.78, 5) is 0. The number of aliphatic hydroxyl groups is 1. The van der Waals surface area contributed by atoms with Gasteiger partial charge in [-0.15, -0.1) is 0 Å². The Kier molecular flexibility index (Phi) is 2.11. The highest BCUT2D eigenvalue weighted by molar-refractivity contribution is 7.81. The summed E-state index contributed by atoms with van der Waals surface area (Å²) in [5, 5.41) is 9.66. The predicted molar refractivity (Wildman–Crippen MR) is 52.6 cm³/mol.